The van der Waals surface area contributed by atoms with Crippen LogP contribution in [0.4, 0.5) is 0 Å². The Balaban J connectivity index is 1.76. The molecule has 4 aliphatic rings. The lowest BCUT2D eigenvalue weighted by Crippen LogP contribution is -2.31. The van der Waals surface area contributed by atoms with E-state index >= 15 is 0 Å². The fourth-order valence-corrected chi connectivity index (χ4v) is 4.77. The second kappa shape index (κ2) is 2.18. The molecule has 4 atom stereocenters. The summed E-state index contributed by atoms with van der Waals surface area (Å²) in [5, 5.41) is 9.58. The number of aliphatic hydroxyl groups is 1. The van der Waals surface area contributed by atoms with Gasteiger partial charge in [-0.25, -0.2) is 0 Å². The standard InChI is InChI=1S/C11H16O3/c12-6-10-7-1-2-8(10)9(10)11(5-7)13-3-4-14-11/h7-9,12H,1-6H2/t7-,8?,9?,10+/m1/s1. The molecule has 1 spiro atoms. The molecule has 0 bridgehead atoms. The van der Waals surface area contributed by atoms with Gasteiger partial charge in [0.2, 0.25) is 0 Å². The summed E-state index contributed by atoms with van der Waals surface area (Å²) in [6.45, 7) is 1.84. The zero-order valence-electron chi connectivity index (χ0n) is 8.24. The van der Waals surface area contributed by atoms with Gasteiger partial charge in [0.1, 0.15) is 0 Å². The van der Waals surface area contributed by atoms with Gasteiger partial charge < -0.3 is 14.6 Å². The smallest absolute Gasteiger partial charge is 0.172 e. The van der Waals surface area contributed by atoms with E-state index in [4.69, 9.17) is 9.47 Å². The minimum atomic E-state index is -0.269. The first kappa shape index (κ1) is 8.08. The van der Waals surface area contributed by atoms with Crippen molar-refractivity contribution in [3.63, 3.8) is 0 Å². The molecule has 0 aromatic heterocycles. The molecule has 78 valence electrons. The Morgan fingerprint density at radius 1 is 1.21 bits per heavy atom. The normalized spacial score (nSPS) is 56.8. The van der Waals surface area contributed by atoms with E-state index in [0.29, 0.717) is 24.4 Å². The van der Waals surface area contributed by atoms with Crippen molar-refractivity contribution in [2.24, 2.45) is 23.2 Å². The largest absolute Gasteiger partial charge is 0.396 e. The van der Waals surface area contributed by atoms with Gasteiger partial charge in [0.25, 0.3) is 0 Å². The fraction of sp³-hybridized carbons (Fsp3) is 1.00. The van der Waals surface area contributed by atoms with Gasteiger partial charge in [-0.05, 0) is 24.7 Å². The van der Waals surface area contributed by atoms with E-state index in [1.807, 2.05) is 0 Å². The number of ether oxygens (including phenoxy) is 2. The maximum atomic E-state index is 9.58. The number of fused-ring (bicyclic) bond motifs is 2. The zero-order chi connectivity index (χ0) is 9.39. The van der Waals surface area contributed by atoms with Crippen molar-refractivity contribution < 1.29 is 14.6 Å². The first-order valence-corrected chi connectivity index (χ1v) is 5.72. The van der Waals surface area contributed by atoms with Crippen LogP contribution in [0.3, 0.4) is 0 Å². The summed E-state index contributed by atoms with van der Waals surface area (Å²) >= 11 is 0. The van der Waals surface area contributed by atoms with Crippen molar-refractivity contribution in [1.82, 2.24) is 0 Å². The van der Waals surface area contributed by atoms with E-state index in [-0.39, 0.29) is 11.2 Å². The molecule has 4 rings (SSSR count). The van der Waals surface area contributed by atoms with Crippen LogP contribution in [0.25, 0.3) is 0 Å². The Kier molecular flexibility index (Phi) is 1.26. The third-order valence-corrected chi connectivity index (χ3v) is 5.20. The molecule has 4 fully saturated rings. The third-order valence-electron chi connectivity index (χ3n) is 5.20. The number of rotatable bonds is 1. The maximum absolute atomic E-state index is 9.58. The molecular formula is C11H16O3. The molecule has 2 unspecified atom stereocenters. The lowest BCUT2D eigenvalue weighted by molar-refractivity contribution is -0.171. The van der Waals surface area contributed by atoms with E-state index in [0.717, 1.165) is 19.6 Å². The van der Waals surface area contributed by atoms with E-state index in [2.05, 4.69) is 0 Å². The van der Waals surface area contributed by atoms with Crippen LogP contribution in [0.2, 0.25) is 0 Å². The van der Waals surface area contributed by atoms with Crippen molar-refractivity contribution >= 4 is 0 Å². The van der Waals surface area contributed by atoms with Gasteiger partial charge in [-0.15, -0.1) is 0 Å². The fourth-order valence-electron chi connectivity index (χ4n) is 4.77. The minimum absolute atomic E-state index is 0.213. The van der Waals surface area contributed by atoms with Crippen LogP contribution in [-0.2, 0) is 9.47 Å². The average Bonchev–Trinajstić information content (AvgIpc) is 2.49. The Labute approximate surface area is 83.4 Å². The third kappa shape index (κ3) is 0.613. The zero-order valence-corrected chi connectivity index (χ0v) is 8.24. The van der Waals surface area contributed by atoms with Crippen LogP contribution in [0.5, 0.6) is 0 Å². The molecule has 0 radical (unpaired) electrons. The molecule has 14 heavy (non-hydrogen) atoms. The van der Waals surface area contributed by atoms with E-state index in [9.17, 15) is 5.11 Å². The second-order valence-electron chi connectivity index (χ2n) is 5.34. The van der Waals surface area contributed by atoms with Crippen LogP contribution in [0.1, 0.15) is 19.3 Å². The van der Waals surface area contributed by atoms with Crippen LogP contribution >= 0.6 is 0 Å². The summed E-state index contributed by atoms with van der Waals surface area (Å²) in [5.74, 6) is 1.61. The number of aliphatic hydroxyl groups excluding tert-OH is 1. The second-order valence-corrected chi connectivity index (χ2v) is 5.34. The van der Waals surface area contributed by atoms with Gasteiger partial charge in [-0.3, -0.25) is 0 Å². The van der Waals surface area contributed by atoms with E-state index < -0.39 is 0 Å². The summed E-state index contributed by atoms with van der Waals surface area (Å²) < 4.78 is 11.7. The van der Waals surface area contributed by atoms with Crippen LogP contribution in [0, 0.1) is 23.2 Å². The predicted octanol–water partition coefficient (Wildman–Crippen LogP) is 0.768. The summed E-state index contributed by atoms with van der Waals surface area (Å²) in [4.78, 5) is 0. The van der Waals surface area contributed by atoms with Crippen molar-refractivity contribution in [2.75, 3.05) is 19.8 Å². The monoisotopic (exact) mass is 196 g/mol. The van der Waals surface area contributed by atoms with Crippen LogP contribution in [0.15, 0.2) is 0 Å². The quantitative estimate of drug-likeness (QED) is 0.673. The first-order valence-electron chi connectivity index (χ1n) is 5.72. The summed E-state index contributed by atoms with van der Waals surface area (Å²) in [5.41, 5.74) is 0.213. The maximum Gasteiger partial charge on any atom is 0.172 e. The number of hydrogen-bond acceptors (Lipinski definition) is 3. The molecule has 1 aliphatic heterocycles. The topological polar surface area (TPSA) is 38.7 Å². The SMILES string of the molecule is OC[C@@]12C3CC[C@@H]1CC1(OCCO1)C32. The lowest BCUT2D eigenvalue weighted by atomic mass is 9.93. The average molecular weight is 196 g/mol. The molecule has 3 aliphatic carbocycles. The van der Waals surface area contributed by atoms with Gasteiger partial charge in [-0.2, -0.15) is 0 Å². The summed E-state index contributed by atoms with van der Waals surface area (Å²) in [6.07, 6.45) is 3.59. The van der Waals surface area contributed by atoms with E-state index in [1.54, 1.807) is 0 Å². The highest BCUT2D eigenvalue weighted by molar-refractivity contribution is 5.27. The number of hydrogen-bond donors (Lipinski definition) is 1. The lowest BCUT2D eigenvalue weighted by Gasteiger charge is -2.24. The molecule has 0 aromatic carbocycles. The predicted molar refractivity (Wildman–Crippen MR) is 48.5 cm³/mol. The highest BCUT2D eigenvalue weighted by atomic mass is 16.7. The van der Waals surface area contributed by atoms with Crippen molar-refractivity contribution in [3.05, 3.63) is 0 Å². The molecule has 3 saturated carbocycles. The Morgan fingerprint density at radius 3 is 2.57 bits per heavy atom. The molecule has 1 heterocycles. The molecule has 3 nitrogen and oxygen atoms in total. The Bertz CT molecular complexity index is 284. The summed E-state index contributed by atoms with van der Waals surface area (Å²) in [6, 6.07) is 0. The van der Waals surface area contributed by atoms with Gasteiger partial charge in [0.05, 0.1) is 13.2 Å². The van der Waals surface area contributed by atoms with Gasteiger partial charge in [0.15, 0.2) is 5.79 Å². The Hall–Kier alpha value is -0.120. The van der Waals surface area contributed by atoms with Gasteiger partial charge in [-0.1, -0.05) is 0 Å². The van der Waals surface area contributed by atoms with Gasteiger partial charge in [0, 0.05) is 24.4 Å². The van der Waals surface area contributed by atoms with Crippen molar-refractivity contribution in [3.8, 4) is 0 Å². The minimum Gasteiger partial charge on any atom is -0.396 e. The van der Waals surface area contributed by atoms with Gasteiger partial charge >= 0.3 is 0 Å². The highest BCUT2D eigenvalue weighted by Gasteiger charge is 2.83. The molecule has 1 N–H and O–H groups in total. The van der Waals surface area contributed by atoms with Crippen LogP contribution in [-0.4, -0.2) is 30.7 Å². The highest BCUT2D eigenvalue weighted by Crippen LogP contribution is 2.81. The first-order chi connectivity index (χ1) is 6.83. The molecule has 3 heteroatoms. The van der Waals surface area contributed by atoms with Crippen LogP contribution < -0.4 is 0 Å². The molecule has 0 aromatic rings. The molecular weight excluding hydrogens is 180 g/mol. The van der Waals surface area contributed by atoms with Crippen molar-refractivity contribution in [1.29, 1.82) is 0 Å². The Morgan fingerprint density at radius 2 is 2.00 bits per heavy atom. The van der Waals surface area contributed by atoms with Crippen molar-refractivity contribution in [2.45, 2.75) is 25.0 Å². The molecule has 0 amide bonds. The van der Waals surface area contributed by atoms with E-state index in [1.165, 1.54) is 12.8 Å². The molecule has 1 saturated heterocycles. The summed E-state index contributed by atoms with van der Waals surface area (Å²) in [7, 11) is 0.